The van der Waals surface area contributed by atoms with Crippen LogP contribution in [0, 0.1) is 0 Å². The Balaban J connectivity index is 0.00000196. The summed E-state index contributed by atoms with van der Waals surface area (Å²) in [6.45, 7) is 2.78. The number of hydrogen-bond donors (Lipinski definition) is 1. The summed E-state index contributed by atoms with van der Waals surface area (Å²) in [7, 11) is 2.08. The van der Waals surface area contributed by atoms with E-state index in [1.54, 1.807) is 12.4 Å². The molecule has 0 radical (unpaired) electrons. The molecule has 0 aliphatic carbocycles. The van der Waals surface area contributed by atoms with E-state index in [1.165, 1.54) is 0 Å². The zero-order valence-corrected chi connectivity index (χ0v) is 15.1. The second-order valence-corrected chi connectivity index (χ2v) is 5.97. The maximum atomic E-state index is 5.74. The quantitative estimate of drug-likeness (QED) is 0.753. The first-order chi connectivity index (χ1) is 12.3. The Kier molecular flexibility index (Phi) is 5.82. The maximum Gasteiger partial charge on any atom is 0.257 e. The Morgan fingerprint density at radius 1 is 1.19 bits per heavy atom. The van der Waals surface area contributed by atoms with Crippen LogP contribution in [-0.4, -0.2) is 46.7 Å². The molecule has 1 N–H and O–H groups in total. The number of benzene rings is 1. The molecule has 0 saturated carbocycles. The van der Waals surface area contributed by atoms with Gasteiger partial charge in [0.15, 0.2) is 5.82 Å². The van der Waals surface area contributed by atoms with Gasteiger partial charge in [0.25, 0.3) is 5.89 Å². The van der Waals surface area contributed by atoms with Gasteiger partial charge in [0.1, 0.15) is 11.5 Å². The Hall–Kier alpha value is -2.48. The lowest BCUT2D eigenvalue weighted by Gasteiger charge is -2.30. The molecule has 1 atom stereocenters. The zero-order valence-electron chi connectivity index (χ0n) is 14.3. The molecule has 7 nitrogen and oxygen atoms in total. The highest BCUT2D eigenvalue weighted by atomic mass is 35.5. The molecule has 0 bridgehead atoms. The SMILES string of the molecule is CN1CCNCC1c1noc(-c2ccc(Oc3cccnc3)cc2)n1.Cl. The number of halogens is 1. The predicted molar refractivity (Wildman–Crippen MR) is 99.5 cm³/mol. The van der Waals surface area contributed by atoms with Crippen LogP contribution in [0.4, 0.5) is 0 Å². The standard InChI is InChI=1S/C18H19N5O2.ClH/c1-23-10-9-20-12-16(23)17-21-18(25-22-17)13-4-6-14(7-5-13)24-15-3-2-8-19-11-15;/h2-8,11,16,20H,9-10,12H2,1H3;1H. The molecule has 26 heavy (non-hydrogen) atoms. The highest BCUT2D eigenvalue weighted by Gasteiger charge is 2.25. The minimum absolute atomic E-state index is 0. The van der Waals surface area contributed by atoms with Crippen molar-refractivity contribution < 1.29 is 9.26 Å². The number of hydrogen-bond acceptors (Lipinski definition) is 7. The molecule has 136 valence electrons. The maximum absolute atomic E-state index is 5.74. The molecule has 3 heterocycles. The number of aromatic nitrogens is 3. The molecule has 0 amide bonds. The monoisotopic (exact) mass is 373 g/mol. The van der Waals surface area contributed by atoms with Gasteiger partial charge in [0, 0.05) is 31.4 Å². The van der Waals surface area contributed by atoms with E-state index in [0.29, 0.717) is 17.5 Å². The molecule has 2 aromatic heterocycles. The zero-order chi connectivity index (χ0) is 17.1. The van der Waals surface area contributed by atoms with Crippen molar-refractivity contribution in [2.75, 3.05) is 26.7 Å². The smallest absolute Gasteiger partial charge is 0.257 e. The topological polar surface area (TPSA) is 76.3 Å². The first-order valence-electron chi connectivity index (χ1n) is 8.22. The largest absolute Gasteiger partial charge is 0.456 e. The lowest BCUT2D eigenvalue weighted by Crippen LogP contribution is -2.44. The van der Waals surface area contributed by atoms with E-state index in [2.05, 4.69) is 32.4 Å². The number of rotatable bonds is 4. The van der Waals surface area contributed by atoms with Gasteiger partial charge in [0.05, 0.1) is 12.2 Å². The second kappa shape index (κ2) is 8.27. The van der Waals surface area contributed by atoms with Crippen molar-refractivity contribution in [2.24, 2.45) is 0 Å². The van der Waals surface area contributed by atoms with E-state index in [1.807, 2.05) is 36.4 Å². The average molecular weight is 374 g/mol. The Morgan fingerprint density at radius 3 is 2.77 bits per heavy atom. The third-order valence-electron chi connectivity index (χ3n) is 4.22. The molecule has 3 aromatic rings. The number of pyridine rings is 1. The van der Waals surface area contributed by atoms with Gasteiger partial charge in [0.2, 0.25) is 0 Å². The minimum atomic E-state index is 0. The summed E-state index contributed by atoms with van der Waals surface area (Å²) in [5.41, 5.74) is 0.865. The molecule has 1 aromatic carbocycles. The van der Waals surface area contributed by atoms with Crippen molar-refractivity contribution >= 4 is 12.4 Å². The number of likely N-dealkylation sites (N-methyl/N-ethyl adjacent to an activating group) is 1. The van der Waals surface area contributed by atoms with Crippen molar-refractivity contribution in [3.63, 3.8) is 0 Å². The van der Waals surface area contributed by atoms with Crippen molar-refractivity contribution in [3.05, 3.63) is 54.6 Å². The van der Waals surface area contributed by atoms with E-state index >= 15 is 0 Å². The van der Waals surface area contributed by atoms with E-state index in [4.69, 9.17) is 9.26 Å². The number of ether oxygens (including phenoxy) is 1. The van der Waals surface area contributed by atoms with Crippen molar-refractivity contribution in [2.45, 2.75) is 6.04 Å². The van der Waals surface area contributed by atoms with Gasteiger partial charge in [-0.15, -0.1) is 12.4 Å². The summed E-state index contributed by atoms with van der Waals surface area (Å²) in [6.07, 6.45) is 3.38. The fourth-order valence-corrected chi connectivity index (χ4v) is 2.79. The van der Waals surface area contributed by atoms with Gasteiger partial charge in [-0.05, 0) is 43.4 Å². The third-order valence-corrected chi connectivity index (χ3v) is 4.22. The highest BCUT2D eigenvalue weighted by molar-refractivity contribution is 5.85. The van der Waals surface area contributed by atoms with Gasteiger partial charge in [-0.3, -0.25) is 9.88 Å². The molecule has 1 unspecified atom stereocenters. The Morgan fingerprint density at radius 2 is 2.04 bits per heavy atom. The van der Waals surface area contributed by atoms with E-state index in [-0.39, 0.29) is 18.4 Å². The number of nitrogens with zero attached hydrogens (tertiary/aromatic N) is 4. The van der Waals surface area contributed by atoms with Gasteiger partial charge in [-0.25, -0.2) is 0 Å². The fraction of sp³-hybridized carbons (Fsp3) is 0.278. The summed E-state index contributed by atoms with van der Waals surface area (Å²) < 4.78 is 11.2. The van der Waals surface area contributed by atoms with E-state index < -0.39 is 0 Å². The summed E-state index contributed by atoms with van der Waals surface area (Å²) in [5, 5.41) is 7.51. The normalized spacial score (nSPS) is 17.5. The van der Waals surface area contributed by atoms with Gasteiger partial charge >= 0.3 is 0 Å². The summed E-state index contributed by atoms with van der Waals surface area (Å²) >= 11 is 0. The van der Waals surface area contributed by atoms with Crippen LogP contribution in [0.1, 0.15) is 11.9 Å². The first-order valence-corrected chi connectivity index (χ1v) is 8.22. The minimum Gasteiger partial charge on any atom is -0.456 e. The summed E-state index contributed by atoms with van der Waals surface area (Å²) in [6, 6.07) is 11.4. The van der Waals surface area contributed by atoms with Crippen molar-refractivity contribution in [3.8, 4) is 23.0 Å². The lowest BCUT2D eigenvalue weighted by atomic mass is 10.2. The molecule has 1 saturated heterocycles. The van der Waals surface area contributed by atoms with Crippen molar-refractivity contribution in [1.82, 2.24) is 25.3 Å². The average Bonchev–Trinajstić information content (AvgIpc) is 3.13. The highest BCUT2D eigenvalue weighted by Crippen LogP contribution is 2.26. The molecule has 1 aliphatic heterocycles. The third kappa shape index (κ3) is 4.01. The van der Waals surface area contributed by atoms with Crippen LogP contribution in [0.25, 0.3) is 11.5 Å². The van der Waals surface area contributed by atoms with Crippen LogP contribution < -0.4 is 10.1 Å². The Labute approximate surface area is 157 Å². The Bertz CT molecular complexity index is 825. The molecule has 1 fully saturated rings. The molecule has 8 heteroatoms. The predicted octanol–water partition coefficient (Wildman–Crippen LogP) is 2.92. The van der Waals surface area contributed by atoms with Gasteiger partial charge in [-0.1, -0.05) is 5.16 Å². The van der Waals surface area contributed by atoms with Gasteiger partial charge in [-0.2, -0.15) is 4.98 Å². The first kappa shape index (κ1) is 18.3. The number of piperazine rings is 1. The molecule has 1 aliphatic rings. The summed E-state index contributed by atoms with van der Waals surface area (Å²) in [5.74, 6) is 2.65. The van der Waals surface area contributed by atoms with Gasteiger partial charge < -0.3 is 14.6 Å². The van der Waals surface area contributed by atoms with Crippen LogP contribution in [0.15, 0.2) is 53.3 Å². The van der Waals surface area contributed by atoms with Crippen molar-refractivity contribution in [1.29, 1.82) is 0 Å². The molecule has 0 spiro atoms. The van der Waals surface area contributed by atoms with E-state index in [9.17, 15) is 0 Å². The lowest BCUT2D eigenvalue weighted by molar-refractivity contribution is 0.190. The molecular weight excluding hydrogens is 354 g/mol. The summed E-state index contributed by atoms with van der Waals surface area (Å²) in [4.78, 5) is 10.8. The van der Waals surface area contributed by atoms with Crippen LogP contribution in [-0.2, 0) is 0 Å². The number of nitrogens with one attached hydrogen (secondary N) is 1. The van der Waals surface area contributed by atoms with E-state index in [0.717, 1.165) is 30.9 Å². The van der Waals surface area contributed by atoms with Crippen LogP contribution in [0.3, 0.4) is 0 Å². The molecule has 4 rings (SSSR count). The van der Waals surface area contributed by atoms with Crippen LogP contribution >= 0.6 is 12.4 Å². The fourth-order valence-electron chi connectivity index (χ4n) is 2.79. The van der Waals surface area contributed by atoms with Crippen LogP contribution in [0.5, 0.6) is 11.5 Å². The second-order valence-electron chi connectivity index (χ2n) is 5.97. The van der Waals surface area contributed by atoms with Crippen LogP contribution in [0.2, 0.25) is 0 Å². The molecular formula is C18H20ClN5O2.